The van der Waals surface area contributed by atoms with E-state index in [1.165, 1.54) is 106 Å². The zero-order valence-corrected chi connectivity index (χ0v) is 51.3. The second kappa shape index (κ2) is 22.4. The molecule has 8 aromatic heterocycles. The first-order chi connectivity index (χ1) is 44.0. The number of hydrogen-bond acceptors (Lipinski definition) is 4. The lowest BCUT2D eigenvalue weighted by atomic mass is 9.94. The number of fused-ring (bicyclic) bond motifs is 12. The summed E-state index contributed by atoms with van der Waals surface area (Å²) in [4.78, 5) is 17.9. The Bertz CT molecular complexity index is 5000. The molecule has 12 heterocycles. The van der Waals surface area contributed by atoms with Gasteiger partial charge in [0.2, 0.25) is 22.8 Å². The van der Waals surface area contributed by atoms with Crippen LogP contribution in [0.1, 0.15) is 83.0 Å². The Hall–Kier alpha value is -10.5. The van der Waals surface area contributed by atoms with Crippen molar-refractivity contribution in [3.05, 3.63) is 287 Å². The van der Waals surface area contributed by atoms with Crippen molar-refractivity contribution in [2.24, 2.45) is 28.2 Å². The molecule has 0 aliphatic carbocycles. The molecule has 0 saturated heterocycles. The van der Waals surface area contributed by atoms with Gasteiger partial charge in [-0.3, -0.25) is 0 Å². The van der Waals surface area contributed by atoms with Crippen LogP contribution in [-0.2, 0) is 53.9 Å². The molecular weight excluding hydrogens is 1080 g/mol. The molecule has 4 aliphatic heterocycles. The van der Waals surface area contributed by atoms with E-state index in [0.717, 1.165) is 71.5 Å². The minimum Gasteiger partial charge on any atom is -0.303 e. The molecule has 0 N–H and O–H groups in total. The molecule has 0 saturated carbocycles. The van der Waals surface area contributed by atoms with Gasteiger partial charge in [-0.05, 0) is 99.1 Å². The minimum absolute atomic E-state index is 0.381. The predicted octanol–water partition coefficient (Wildman–Crippen LogP) is 12.6. The molecule has 12 nitrogen and oxygen atoms in total. The number of hydrogen-bond donors (Lipinski definition) is 0. The molecular formula is C76H72N12+4. The van der Waals surface area contributed by atoms with Crippen LogP contribution >= 0.6 is 0 Å². The fourth-order valence-electron chi connectivity index (χ4n) is 13.7. The van der Waals surface area contributed by atoms with E-state index >= 15 is 0 Å². The topological polar surface area (TPSA) is 86.8 Å². The number of benzene rings is 5. The van der Waals surface area contributed by atoms with Gasteiger partial charge in [-0.25, -0.2) is 38.2 Å². The summed E-state index contributed by atoms with van der Waals surface area (Å²) in [6, 6.07) is 46.6. The Morgan fingerprint density at radius 2 is 0.705 bits per heavy atom. The van der Waals surface area contributed by atoms with E-state index in [0.29, 0.717) is 5.56 Å². The molecule has 4 aliphatic rings. The summed E-state index contributed by atoms with van der Waals surface area (Å²) in [5.41, 5.74) is 29.3. The molecule has 0 bridgehead atoms. The molecule has 17 rings (SSSR count). The van der Waals surface area contributed by atoms with Crippen LogP contribution in [-0.4, -0.2) is 38.2 Å². The summed E-state index contributed by atoms with van der Waals surface area (Å²) < 4.78 is 40.3. The molecule has 0 fully saturated rings. The predicted molar refractivity (Wildman–Crippen MR) is 346 cm³/mol. The smallest absolute Gasteiger partial charge is 0.218 e. The summed E-state index contributed by atoms with van der Waals surface area (Å²) in [5, 5.41) is 0. The van der Waals surface area contributed by atoms with Gasteiger partial charge in [-0.15, -0.1) is 0 Å². The number of aromatic nitrogens is 12. The molecule has 5 aromatic carbocycles. The van der Waals surface area contributed by atoms with Crippen molar-refractivity contribution in [2.75, 3.05) is 0 Å². The Labute approximate surface area is 519 Å². The van der Waals surface area contributed by atoms with Gasteiger partial charge < -0.3 is 18.3 Å². The maximum Gasteiger partial charge on any atom is 0.218 e. The first-order valence-electron chi connectivity index (χ1n) is 31.6. The van der Waals surface area contributed by atoms with E-state index in [4.69, 9.17) is 4.11 Å². The maximum atomic E-state index is 7.59. The van der Waals surface area contributed by atoms with Gasteiger partial charge >= 0.3 is 0 Å². The lowest BCUT2D eigenvalue weighted by Gasteiger charge is -2.11. The Morgan fingerprint density at radius 1 is 0.341 bits per heavy atom. The van der Waals surface area contributed by atoms with Crippen molar-refractivity contribution in [3.63, 3.8) is 0 Å². The van der Waals surface area contributed by atoms with Crippen molar-refractivity contribution in [2.45, 2.75) is 67.2 Å². The molecule has 0 amide bonds. The van der Waals surface area contributed by atoms with Crippen LogP contribution in [0.4, 0.5) is 0 Å². The highest BCUT2D eigenvalue weighted by Gasteiger charge is 2.33. The van der Waals surface area contributed by atoms with Crippen LogP contribution in [0.3, 0.4) is 0 Å². The minimum atomic E-state index is -2.08. The molecule has 13 aromatic rings. The highest BCUT2D eigenvalue weighted by molar-refractivity contribution is 5.77. The van der Waals surface area contributed by atoms with E-state index in [1.54, 1.807) is 12.1 Å². The monoisotopic (exact) mass is 1160 g/mol. The summed E-state index contributed by atoms with van der Waals surface area (Å²) in [7, 11) is 8.39. The van der Waals surface area contributed by atoms with Gasteiger partial charge in [-0.1, -0.05) is 96.1 Å². The van der Waals surface area contributed by atoms with E-state index in [-0.39, 0.29) is 0 Å². The zero-order valence-electron chi connectivity index (χ0n) is 54.3. The highest BCUT2D eigenvalue weighted by atomic mass is 15.1. The molecule has 12 heteroatoms. The molecule has 0 atom stereocenters. The zero-order chi connectivity index (χ0) is 63.0. The van der Waals surface area contributed by atoms with Crippen molar-refractivity contribution >= 4 is 0 Å². The van der Waals surface area contributed by atoms with Crippen LogP contribution in [0, 0.1) is 41.5 Å². The molecule has 432 valence electrons. The third-order valence-corrected chi connectivity index (χ3v) is 18.0. The third-order valence-electron chi connectivity index (χ3n) is 18.0. The molecule has 0 spiro atoms. The van der Waals surface area contributed by atoms with Gasteiger partial charge in [0.05, 0.1) is 50.6 Å². The fourth-order valence-corrected chi connectivity index (χ4v) is 13.7. The standard InChI is InChI=1S/C23H20N3.2C18H18N3.C17H16N3/c1-16-8-9-18(17-6-4-3-5-7-17)14-19(16)23-20-15-22-24-11-13-26(22)21(20)10-12-25(23)2;2*1-12-4-5-14(13(2)10-12)18-15-11-17-19-7-9-21(17)16(15)6-8-20(18)3;1-12-5-3-4-6-13(12)17-14-11-16-18-8-10-20(16)15(14)7-9-19(17)2/h3-14H,15H2,1-2H3;2*4-10H,11H2,1-3H3;3-10H,11H2,1-2H3/q4*+1/i;1D3;;. The average Bonchev–Trinajstić information content (AvgIpc) is 1.69. The van der Waals surface area contributed by atoms with Gasteiger partial charge in [0.15, 0.2) is 24.8 Å². The van der Waals surface area contributed by atoms with Gasteiger partial charge in [0, 0.05) is 120 Å². The van der Waals surface area contributed by atoms with Crippen LogP contribution in [0.5, 0.6) is 0 Å². The summed E-state index contributed by atoms with van der Waals surface area (Å²) in [6.07, 6.45) is 27.5. The quantitative estimate of drug-likeness (QED) is 0.161. The fraction of sp³-hybridized carbons (Fsp3) is 0.184. The second-order valence-corrected chi connectivity index (χ2v) is 23.7. The van der Waals surface area contributed by atoms with Crippen molar-refractivity contribution in [1.29, 1.82) is 0 Å². The van der Waals surface area contributed by atoms with Gasteiger partial charge in [-0.2, -0.15) is 0 Å². The molecule has 88 heavy (non-hydrogen) atoms. The van der Waals surface area contributed by atoms with E-state index in [1.807, 2.05) is 69.6 Å². The Morgan fingerprint density at radius 3 is 1.11 bits per heavy atom. The summed E-state index contributed by atoms with van der Waals surface area (Å²) in [5.74, 6) is 4.40. The first kappa shape index (κ1) is 51.9. The van der Waals surface area contributed by atoms with E-state index in [9.17, 15) is 0 Å². The van der Waals surface area contributed by atoms with E-state index < -0.39 is 6.85 Å². The van der Waals surface area contributed by atoms with Crippen molar-refractivity contribution in [1.82, 2.24) is 38.2 Å². The molecule has 0 radical (unpaired) electrons. The SMILES string of the molecule is Cc1ccc(-c2c3c(cc[n+]2C)-n2ccnc2C3)c(C)c1.Cc1ccc(-c2ccccc2)cc1-c1c2c(cc[n+]1C)-n1ccnc1C2.Cc1ccccc1-c1c2c(cc[n+]1C)-n1ccnc1C2.[2H]C([2H])([2H])c1ccc(-c2c3c(cc[n+]2C)-n2ccnc2C3)c(C)c1. The highest BCUT2D eigenvalue weighted by Crippen LogP contribution is 2.39. The maximum absolute atomic E-state index is 7.59. The lowest BCUT2D eigenvalue weighted by Crippen LogP contribution is -2.32. The summed E-state index contributed by atoms with van der Waals surface area (Å²) >= 11 is 0. The van der Waals surface area contributed by atoms with Crippen LogP contribution in [0.2, 0.25) is 0 Å². The van der Waals surface area contributed by atoms with Crippen LogP contribution < -0.4 is 18.3 Å². The number of aryl methyl sites for hydroxylation is 10. The Balaban J connectivity index is 0.000000106. The normalized spacial score (nSPS) is 12.9. The third kappa shape index (κ3) is 9.74. The second-order valence-electron chi connectivity index (χ2n) is 23.7. The Kier molecular flexibility index (Phi) is 13.2. The molecule has 0 unspecified atom stereocenters. The van der Waals surface area contributed by atoms with Gasteiger partial charge in [0.25, 0.3) is 0 Å². The first-order valence-corrected chi connectivity index (χ1v) is 30.1. The van der Waals surface area contributed by atoms with E-state index in [2.05, 4.69) is 245 Å². The number of pyridine rings is 4. The lowest BCUT2D eigenvalue weighted by molar-refractivity contribution is -0.660. The number of rotatable bonds is 5. The van der Waals surface area contributed by atoms with Crippen molar-refractivity contribution < 1.29 is 22.4 Å². The largest absolute Gasteiger partial charge is 0.303 e. The van der Waals surface area contributed by atoms with Gasteiger partial charge in [0.1, 0.15) is 51.5 Å². The average molecular weight is 1160 g/mol. The van der Waals surface area contributed by atoms with Crippen LogP contribution in [0.15, 0.2) is 208 Å². The summed E-state index contributed by atoms with van der Waals surface area (Å²) in [6.45, 7) is 8.58. The van der Waals surface area contributed by atoms with Crippen LogP contribution in [0.25, 0.3) is 78.9 Å². The number of nitrogens with zero attached hydrogens (tertiary/aromatic N) is 12. The van der Waals surface area contributed by atoms with Crippen molar-refractivity contribution in [3.8, 4) is 78.9 Å². The number of imidazole rings is 4.